The van der Waals surface area contributed by atoms with Crippen LogP contribution in [0.5, 0.6) is 0 Å². The zero-order valence-electron chi connectivity index (χ0n) is 8.85. The average molecular weight is 266 g/mol. The van der Waals surface area contributed by atoms with Crippen molar-refractivity contribution in [1.82, 2.24) is 5.32 Å². The molecule has 2 heteroatoms. The summed E-state index contributed by atoms with van der Waals surface area (Å²) in [6, 6.07) is 6.83. The molecule has 0 saturated carbocycles. The molecule has 1 saturated heterocycles. The fourth-order valence-electron chi connectivity index (χ4n) is 3.21. The molecule has 1 spiro atoms. The summed E-state index contributed by atoms with van der Waals surface area (Å²) >= 11 is 3.56. The lowest BCUT2D eigenvalue weighted by atomic mass is 9.76. The average Bonchev–Trinajstić information content (AvgIpc) is 2.58. The highest BCUT2D eigenvalue weighted by Crippen LogP contribution is 2.43. The number of piperidine rings is 1. The Kier molecular flexibility index (Phi) is 2.37. The number of hydrogen-bond acceptors (Lipinski definition) is 1. The minimum Gasteiger partial charge on any atom is -0.316 e. The molecule has 1 atom stereocenters. The molecule has 1 N–H and O–H groups in total. The van der Waals surface area contributed by atoms with Crippen molar-refractivity contribution in [1.29, 1.82) is 0 Å². The third-order valence-corrected chi connectivity index (χ3v) is 4.48. The van der Waals surface area contributed by atoms with E-state index in [2.05, 4.69) is 39.4 Å². The Hall–Kier alpha value is -0.340. The van der Waals surface area contributed by atoms with Gasteiger partial charge in [-0.1, -0.05) is 22.0 Å². The second kappa shape index (κ2) is 3.60. The van der Waals surface area contributed by atoms with Crippen molar-refractivity contribution in [3.05, 3.63) is 33.8 Å². The predicted octanol–water partition coefficient (Wildman–Crippen LogP) is 3.02. The summed E-state index contributed by atoms with van der Waals surface area (Å²) < 4.78 is 1.22. The van der Waals surface area contributed by atoms with Crippen LogP contribution in [0.15, 0.2) is 22.7 Å². The Labute approximate surface area is 99.4 Å². The number of aryl methyl sites for hydroxylation is 1. The lowest BCUT2D eigenvalue weighted by Gasteiger charge is -2.35. The third kappa shape index (κ3) is 1.55. The molecule has 0 radical (unpaired) electrons. The Morgan fingerprint density at radius 1 is 1.27 bits per heavy atom. The molecule has 1 unspecified atom stereocenters. The van der Waals surface area contributed by atoms with E-state index in [-0.39, 0.29) is 0 Å². The number of benzene rings is 1. The molecule has 1 aliphatic heterocycles. The quantitative estimate of drug-likeness (QED) is 0.761. The van der Waals surface area contributed by atoms with Gasteiger partial charge in [-0.25, -0.2) is 0 Å². The van der Waals surface area contributed by atoms with Gasteiger partial charge in [0.1, 0.15) is 0 Å². The Bertz CT molecular complexity index is 380. The van der Waals surface area contributed by atoms with E-state index in [0.29, 0.717) is 5.41 Å². The highest BCUT2D eigenvalue weighted by atomic mass is 79.9. The standard InChI is InChI=1S/C13H16BrN/c14-11-2-3-12-10(8-11)4-6-13(12)5-1-7-15-9-13/h2-3,8,15H,1,4-7,9H2. The summed E-state index contributed by atoms with van der Waals surface area (Å²) in [6.45, 7) is 2.38. The van der Waals surface area contributed by atoms with Crippen LogP contribution in [-0.4, -0.2) is 13.1 Å². The lowest BCUT2D eigenvalue weighted by molar-refractivity contribution is 0.311. The van der Waals surface area contributed by atoms with Gasteiger partial charge in [-0.3, -0.25) is 0 Å². The van der Waals surface area contributed by atoms with Gasteiger partial charge in [0, 0.05) is 16.4 Å². The summed E-state index contributed by atoms with van der Waals surface area (Å²) in [5.41, 5.74) is 3.64. The van der Waals surface area contributed by atoms with Gasteiger partial charge in [0.25, 0.3) is 0 Å². The number of fused-ring (bicyclic) bond motifs is 2. The van der Waals surface area contributed by atoms with Crippen LogP contribution in [0.1, 0.15) is 30.4 Å². The molecular weight excluding hydrogens is 250 g/mol. The summed E-state index contributed by atoms with van der Waals surface area (Å²) in [5, 5.41) is 3.56. The molecule has 1 aliphatic carbocycles. The van der Waals surface area contributed by atoms with E-state index in [1.807, 2.05) is 0 Å². The Morgan fingerprint density at radius 2 is 2.20 bits per heavy atom. The Balaban J connectivity index is 2.03. The number of nitrogens with one attached hydrogen (secondary N) is 1. The van der Waals surface area contributed by atoms with Gasteiger partial charge in [0.2, 0.25) is 0 Å². The molecule has 2 aliphatic rings. The van der Waals surface area contributed by atoms with Crippen molar-refractivity contribution in [2.45, 2.75) is 31.1 Å². The van der Waals surface area contributed by atoms with Gasteiger partial charge in [-0.2, -0.15) is 0 Å². The summed E-state index contributed by atoms with van der Waals surface area (Å²) in [5.74, 6) is 0. The molecule has 3 rings (SSSR count). The predicted molar refractivity (Wildman–Crippen MR) is 66.2 cm³/mol. The topological polar surface area (TPSA) is 12.0 Å². The number of rotatable bonds is 0. The first-order chi connectivity index (χ1) is 7.30. The van der Waals surface area contributed by atoms with Crippen molar-refractivity contribution >= 4 is 15.9 Å². The highest BCUT2D eigenvalue weighted by molar-refractivity contribution is 9.10. The summed E-state index contributed by atoms with van der Waals surface area (Å²) in [6.07, 6.45) is 5.30. The van der Waals surface area contributed by atoms with E-state index in [4.69, 9.17) is 0 Å². The Morgan fingerprint density at radius 3 is 3.00 bits per heavy atom. The van der Waals surface area contributed by atoms with Gasteiger partial charge in [-0.15, -0.1) is 0 Å². The van der Waals surface area contributed by atoms with Gasteiger partial charge in [0.15, 0.2) is 0 Å². The van der Waals surface area contributed by atoms with Gasteiger partial charge >= 0.3 is 0 Å². The summed E-state index contributed by atoms with van der Waals surface area (Å²) in [7, 11) is 0. The monoisotopic (exact) mass is 265 g/mol. The molecule has 80 valence electrons. The van der Waals surface area contributed by atoms with Gasteiger partial charge in [0.05, 0.1) is 0 Å². The maximum atomic E-state index is 3.56. The first-order valence-electron chi connectivity index (χ1n) is 5.80. The SMILES string of the molecule is Brc1ccc2c(c1)CCC21CCCNC1. The van der Waals surface area contributed by atoms with E-state index in [1.165, 1.54) is 43.2 Å². The largest absolute Gasteiger partial charge is 0.316 e. The second-order valence-corrected chi connectivity index (χ2v) is 5.78. The first-order valence-corrected chi connectivity index (χ1v) is 6.59. The third-order valence-electron chi connectivity index (χ3n) is 3.98. The smallest absolute Gasteiger partial charge is 0.0178 e. The van der Waals surface area contributed by atoms with E-state index in [1.54, 1.807) is 11.1 Å². The number of halogens is 1. The molecular formula is C13H16BrN. The van der Waals surface area contributed by atoms with Crippen LogP contribution in [0.4, 0.5) is 0 Å². The fourth-order valence-corrected chi connectivity index (χ4v) is 3.61. The van der Waals surface area contributed by atoms with Crippen molar-refractivity contribution in [3.8, 4) is 0 Å². The van der Waals surface area contributed by atoms with Crippen LogP contribution in [0.25, 0.3) is 0 Å². The molecule has 0 amide bonds. The van der Waals surface area contributed by atoms with Gasteiger partial charge < -0.3 is 5.32 Å². The van der Waals surface area contributed by atoms with Crippen molar-refractivity contribution in [2.24, 2.45) is 0 Å². The van der Waals surface area contributed by atoms with Crippen molar-refractivity contribution in [3.63, 3.8) is 0 Å². The zero-order valence-corrected chi connectivity index (χ0v) is 10.4. The van der Waals surface area contributed by atoms with Crippen LogP contribution in [0.2, 0.25) is 0 Å². The zero-order chi connectivity index (χ0) is 10.3. The molecule has 0 aromatic heterocycles. The van der Waals surface area contributed by atoms with Gasteiger partial charge in [-0.05, 0) is 55.5 Å². The van der Waals surface area contributed by atoms with E-state index in [0.717, 1.165) is 0 Å². The van der Waals surface area contributed by atoms with Crippen molar-refractivity contribution < 1.29 is 0 Å². The van der Waals surface area contributed by atoms with E-state index < -0.39 is 0 Å². The second-order valence-electron chi connectivity index (χ2n) is 4.86. The normalized spacial score (nSPS) is 29.4. The maximum Gasteiger partial charge on any atom is 0.0178 e. The molecule has 15 heavy (non-hydrogen) atoms. The minimum absolute atomic E-state index is 0.467. The molecule has 1 aromatic carbocycles. The minimum atomic E-state index is 0.467. The molecule has 0 bridgehead atoms. The van der Waals surface area contributed by atoms with Crippen LogP contribution >= 0.6 is 15.9 Å². The van der Waals surface area contributed by atoms with Crippen molar-refractivity contribution in [2.75, 3.05) is 13.1 Å². The fraction of sp³-hybridized carbons (Fsp3) is 0.538. The highest BCUT2D eigenvalue weighted by Gasteiger charge is 2.39. The van der Waals surface area contributed by atoms with Crippen LogP contribution < -0.4 is 5.32 Å². The van der Waals surface area contributed by atoms with Crippen LogP contribution in [0, 0.1) is 0 Å². The maximum absolute atomic E-state index is 3.56. The van der Waals surface area contributed by atoms with Crippen LogP contribution in [0.3, 0.4) is 0 Å². The van der Waals surface area contributed by atoms with E-state index in [9.17, 15) is 0 Å². The van der Waals surface area contributed by atoms with Crippen LogP contribution in [-0.2, 0) is 11.8 Å². The van der Waals surface area contributed by atoms with E-state index >= 15 is 0 Å². The molecule has 1 fully saturated rings. The lowest BCUT2D eigenvalue weighted by Crippen LogP contribution is -2.41. The first kappa shape index (κ1) is 9.86. The molecule has 1 heterocycles. The molecule has 1 aromatic rings. The number of hydrogen-bond donors (Lipinski definition) is 1. The molecule has 1 nitrogen and oxygen atoms in total. The summed E-state index contributed by atoms with van der Waals surface area (Å²) in [4.78, 5) is 0.